The second-order valence-electron chi connectivity index (χ2n) is 6.26. The van der Waals surface area contributed by atoms with Gasteiger partial charge in [-0.1, -0.05) is 19.9 Å². The van der Waals surface area contributed by atoms with Crippen LogP contribution in [0.4, 0.5) is 5.69 Å². The fourth-order valence-corrected chi connectivity index (χ4v) is 2.05. The number of benzene rings is 1. The first-order chi connectivity index (χ1) is 8.26. The average Bonchev–Trinajstić information content (AvgIpc) is 2.31. The van der Waals surface area contributed by atoms with E-state index in [9.17, 15) is 0 Å². The minimum atomic E-state index is 0.224. The molecule has 102 valence electrons. The Hall–Kier alpha value is -1.02. The van der Waals surface area contributed by atoms with Crippen molar-refractivity contribution in [1.82, 2.24) is 0 Å². The lowest BCUT2D eigenvalue weighted by Gasteiger charge is -2.28. The van der Waals surface area contributed by atoms with E-state index < -0.39 is 0 Å². The highest BCUT2D eigenvalue weighted by atomic mass is 15.1. The van der Waals surface area contributed by atoms with Gasteiger partial charge in [0.25, 0.3) is 0 Å². The first-order valence-corrected chi connectivity index (χ1v) is 6.76. The Morgan fingerprint density at radius 1 is 1.06 bits per heavy atom. The minimum Gasteiger partial charge on any atom is -0.374 e. The van der Waals surface area contributed by atoms with Crippen LogP contribution in [0.5, 0.6) is 0 Å². The summed E-state index contributed by atoms with van der Waals surface area (Å²) >= 11 is 0. The van der Waals surface area contributed by atoms with Gasteiger partial charge < -0.3 is 10.6 Å². The van der Waals surface area contributed by atoms with Crippen LogP contribution in [-0.2, 0) is 0 Å². The van der Waals surface area contributed by atoms with E-state index in [1.54, 1.807) is 0 Å². The molecule has 2 N–H and O–H groups in total. The molecule has 0 radical (unpaired) electrons. The molecule has 0 aromatic heterocycles. The van der Waals surface area contributed by atoms with E-state index in [2.05, 4.69) is 58.7 Å². The molecule has 0 fully saturated rings. The second kappa shape index (κ2) is 5.75. The maximum absolute atomic E-state index is 5.79. The first-order valence-electron chi connectivity index (χ1n) is 6.76. The van der Waals surface area contributed by atoms with Crippen LogP contribution < -0.4 is 10.6 Å². The molecule has 2 nitrogen and oxygen atoms in total. The predicted octanol–water partition coefficient (Wildman–Crippen LogP) is 3.42. The van der Waals surface area contributed by atoms with Crippen molar-refractivity contribution in [1.29, 1.82) is 0 Å². The molecule has 1 aromatic rings. The Bertz CT molecular complexity index is 408. The standard InChI is InChI=1S/C16H28N2/c1-12-9-14(3)15(10-13(12)2)18(6)8-7-16(4,5)11-17/h9-10H,7-8,11,17H2,1-6H3. The summed E-state index contributed by atoms with van der Waals surface area (Å²) in [5, 5.41) is 0. The molecule has 0 atom stereocenters. The summed E-state index contributed by atoms with van der Waals surface area (Å²) in [6.45, 7) is 12.8. The van der Waals surface area contributed by atoms with Crippen LogP contribution in [0.2, 0.25) is 0 Å². The van der Waals surface area contributed by atoms with Crippen LogP contribution in [0.1, 0.15) is 37.0 Å². The van der Waals surface area contributed by atoms with Crippen molar-refractivity contribution < 1.29 is 0 Å². The van der Waals surface area contributed by atoms with E-state index >= 15 is 0 Å². The van der Waals surface area contributed by atoms with E-state index in [1.807, 2.05) is 0 Å². The Kier molecular flexibility index (Phi) is 4.80. The van der Waals surface area contributed by atoms with Gasteiger partial charge in [0, 0.05) is 19.3 Å². The quantitative estimate of drug-likeness (QED) is 0.865. The maximum Gasteiger partial charge on any atom is 0.0396 e. The highest BCUT2D eigenvalue weighted by molar-refractivity contribution is 5.56. The summed E-state index contributed by atoms with van der Waals surface area (Å²) in [7, 11) is 2.17. The van der Waals surface area contributed by atoms with Gasteiger partial charge in [-0.25, -0.2) is 0 Å². The zero-order valence-electron chi connectivity index (χ0n) is 12.8. The molecule has 0 aliphatic heterocycles. The molecule has 0 aliphatic rings. The van der Waals surface area contributed by atoms with Crippen LogP contribution in [0.3, 0.4) is 0 Å². The van der Waals surface area contributed by atoms with Crippen LogP contribution in [0.15, 0.2) is 12.1 Å². The normalized spacial score (nSPS) is 11.7. The average molecular weight is 248 g/mol. The van der Waals surface area contributed by atoms with E-state index in [0.29, 0.717) is 0 Å². The van der Waals surface area contributed by atoms with Crippen molar-refractivity contribution in [2.75, 3.05) is 25.0 Å². The molecule has 0 saturated heterocycles. The lowest BCUT2D eigenvalue weighted by Crippen LogP contribution is -2.30. The van der Waals surface area contributed by atoms with E-state index in [0.717, 1.165) is 19.5 Å². The molecule has 0 aliphatic carbocycles. The van der Waals surface area contributed by atoms with Gasteiger partial charge in [0.1, 0.15) is 0 Å². The number of nitrogens with zero attached hydrogens (tertiary/aromatic N) is 1. The minimum absolute atomic E-state index is 0.224. The smallest absolute Gasteiger partial charge is 0.0396 e. The molecule has 18 heavy (non-hydrogen) atoms. The van der Waals surface area contributed by atoms with Gasteiger partial charge in [-0.15, -0.1) is 0 Å². The molecule has 1 aromatic carbocycles. The fraction of sp³-hybridized carbons (Fsp3) is 0.625. The van der Waals surface area contributed by atoms with E-state index in [-0.39, 0.29) is 5.41 Å². The maximum atomic E-state index is 5.79. The summed E-state index contributed by atoms with van der Waals surface area (Å²) < 4.78 is 0. The molecule has 0 saturated carbocycles. The number of hydrogen-bond acceptors (Lipinski definition) is 2. The van der Waals surface area contributed by atoms with Crippen molar-refractivity contribution in [2.24, 2.45) is 11.1 Å². The topological polar surface area (TPSA) is 29.3 Å². The fourth-order valence-electron chi connectivity index (χ4n) is 2.05. The summed E-state index contributed by atoms with van der Waals surface area (Å²) in [4.78, 5) is 2.35. The van der Waals surface area contributed by atoms with Crippen molar-refractivity contribution in [3.8, 4) is 0 Å². The molecule has 1 rings (SSSR count). The van der Waals surface area contributed by atoms with E-state index in [1.165, 1.54) is 22.4 Å². The van der Waals surface area contributed by atoms with Crippen LogP contribution in [0, 0.1) is 26.2 Å². The van der Waals surface area contributed by atoms with Crippen LogP contribution in [-0.4, -0.2) is 20.1 Å². The summed E-state index contributed by atoms with van der Waals surface area (Å²) in [6, 6.07) is 4.56. The third kappa shape index (κ3) is 3.74. The summed E-state index contributed by atoms with van der Waals surface area (Å²) in [5.74, 6) is 0. The van der Waals surface area contributed by atoms with Gasteiger partial charge in [-0.3, -0.25) is 0 Å². The van der Waals surface area contributed by atoms with Gasteiger partial charge in [0.2, 0.25) is 0 Å². The molecule has 0 spiro atoms. The Labute approximate surface area is 112 Å². The second-order valence-corrected chi connectivity index (χ2v) is 6.26. The number of rotatable bonds is 5. The lowest BCUT2D eigenvalue weighted by molar-refractivity contribution is 0.351. The van der Waals surface area contributed by atoms with Gasteiger partial charge in [-0.2, -0.15) is 0 Å². The summed E-state index contributed by atoms with van der Waals surface area (Å²) in [5.41, 5.74) is 11.4. The van der Waals surface area contributed by atoms with Gasteiger partial charge in [0.05, 0.1) is 0 Å². The largest absolute Gasteiger partial charge is 0.374 e. The predicted molar refractivity (Wildman–Crippen MR) is 81.4 cm³/mol. The highest BCUT2D eigenvalue weighted by Crippen LogP contribution is 2.25. The SMILES string of the molecule is Cc1cc(C)c(N(C)CCC(C)(C)CN)cc1C. The summed E-state index contributed by atoms with van der Waals surface area (Å²) in [6.07, 6.45) is 1.12. The monoisotopic (exact) mass is 248 g/mol. The molecular weight excluding hydrogens is 220 g/mol. The molecule has 0 heterocycles. The first kappa shape index (κ1) is 15.0. The Morgan fingerprint density at radius 3 is 2.17 bits per heavy atom. The van der Waals surface area contributed by atoms with Crippen molar-refractivity contribution in [3.05, 3.63) is 28.8 Å². The Balaban J connectivity index is 2.79. The van der Waals surface area contributed by atoms with Gasteiger partial charge >= 0.3 is 0 Å². The number of nitrogens with two attached hydrogens (primary N) is 1. The highest BCUT2D eigenvalue weighted by Gasteiger charge is 2.17. The third-order valence-electron chi connectivity index (χ3n) is 3.90. The number of aryl methyl sites for hydroxylation is 3. The molecule has 0 unspecified atom stereocenters. The molecule has 0 bridgehead atoms. The lowest BCUT2D eigenvalue weighted by atomic mass is 9.89. The molecule has 0 amide bonds. The zero-order valence-corrected chi connectivity index (χ0v) is 12.8. The van der Waals surface area contributed by atoms with Crippen molar-refractivity contribution >= 4 is 5.69 Å². The zero-order chi connectivity index (χ0) is 13.9. The molecular formula is C16H28N2. The third-order valence-corrected chi connectivity index (χ3v) is 3.90. The van der Waals surface area contributed by atoms with Crippen LogP contribution >= 0.6 is 0 Å². The van der Waals surface area contributed by atoms with E-state index in [4.69, 9.17) is 5.73 Å². The number of anilines is 1. The van der Waals surface area contributed by atoms with Gasteiger partial charge in [0.15, 0.2) is 0 Å². The molecule has 2 heteroatoms. The van der Waals surface area contributed by atoms with Crippen molar-refractivity contribution in [2.45, 2.75) is 41.0 Å². The van der Waals surface area contributed by atoms with Crippen molar-refractivity contribution in [3.63, 3.8) is 0 Å². The number of hydrogen-bond donors (Lipinski definition) is 1. The van der Waals surface area contributed by atoms with Gasteiger partial charge in [-0.05, 0) is 61.9 Å². The Morgan fingerprint density at radius 2 is 1.61 bits per heavy atom. The van der Waals surface area contributed by atoms with Crippen LogP contribution in [0.25, 0.3) is 0 Å².